The van der Waals surface area contributed by atoms with Gasteiger partial charge in [0.25, 0.3) is 0 Å². The fraction of sp³-hybridized carbons (Fsp3) is 0.143. The van der Waals surface area contributed by atoms with Gasteiger partial charge in [0.2, 0.25) is 0 Å². The molecule has 0 aliphatic heterocycles. The van der Waals surface area contributed by atoms with E-state index in [9.17, 15) is 4.39 Å². The average Bonchev–Trinajstić information content (AvgIpc) is 2.29. The van der Waals surface area contributed by atoms with Crippen molar-refractivity contribution in [2.24, 2.45) is 0 Å². The summed E-state index contributed by atoms with van der Waals surface area (Å²) in [4.78, 5) is 1.87. The summed E-state index contributed by atoms with van der Waals surface area (Å²) in [6, 6.07) is 14.4. The Bertz CT molecular complexity index is 511. The lowest BCUT2D eigenvalue weighted by Gasteiger charge is -2.20. The first-order chi connectivity index (χ1) is 8.16. The Balaban J connectivity index is 2.17. The van der Waals surface area contributed by atoms with Crippen LogP contribution < -0.4 is 10.6 Å². The van der Waals surface area contributed by atoms with E-state index in [0.717, 1.165) is 11.3 Å². The number of benzene rings is 2. The highest BCUT2D eigenvalue weighted by molar-refractivity contribution is 5.48. The Morgan fingerprint density at radius 1 is 1.12 bits per heavy atom. The van der Waals surface area contributed by atoms with Gasteiger partial charge in [0.15, 0.2) is 0 Å². The average molecular weight is 230 g/mol. The highest BCUT2D eigenvalue weighted by Crippen LogP contribution is 2.19. The highest BCUT2D eigenvalue weighted by atomic mass is 19.1. The number of anilines is 2. The number of nitrogens with zero attached hydrogens (tertiary/aromatic N) is 1. The van der Waals surface area contributed by atoms with Crippen LogP contribution in [0.4, 0.5) is 15.8 Å². The fourth-order valence-electron chi connectivity index (χ4n) is 1.81. The molecule has 0 atom stereocenters. The molecule has 3 heteroatoms. The van der Waals surface area contributed by atoms with Crippen LogP contribution in [-0.2, 0) is 6.54 Å². The van der Waals surface area contributed by atoms with Gasteiger partial charge in [0, 0.05) is 19.3 Å². The second-order valence-electron chi connectivity index (χ2n) is 4.05. The molecular weight excluding hydrogens is 215 g/mol. The van der Waals surface area contributed by atoms with Crippen molar-refractivity contribution in [3.05, 3.63) is 59.9 Å². The molecule has 17 heavy (non-hydrogen) atoms. The third kappa shape index (κ3) is 2.75. The third-order valence-corrected chi connectivity index (χ3v) is 2.63. The van der Waals surface area contributed by atoms with Gasteiger partial charge in [-0.25, -0.2) is 4.39 Å². The summed E-state index contributed by atoms with van der Waals surface area (Å²) in [5, 5.41) is 0. The van der Waals surface area contributed by atoms with Crippen molar-refractivity contribution in [2.45, 2.75) is 6.54 Å². The van der Waals surface area contributed by atoms with Crippen molar-refractivity contribution in [1.29, 1.82) is 0 Å². The lowest BCUT2D eigenvalue weighted by molar-refractivity contribution is 0.622. The summed E-state index contributed by atoms with van der Waals surface area (Å²) in [5.74, 6) is -0.209. The van der Waals surface area contributed by atoms with E-state index in [-0.39, 0.29) is 5.82 Å². The first-order valence-electron chi connectivity index (χ1n) is 5.47. The summed E-state index contributed by atoms with van der Waals surface area (Å²) in [6.07, 6.45) is 0. The molecule has 88 valence electrons. The van der Waals surface area contributed by atoms with Gasteiger partial charge in [-0.3, -0.25) is 0 Å². The predicted molar refractivity (Wildman–Crippen MR) is 69.4 cm³/mol. The van der Waals surface area contributed by atoms with Crippen molar-refractivity contribution >= 4 is 11.4 Å². The fourth-order valence-corrected chi connectivity index (χ4v) is 1.81. The molecule has 2 nitrogen and oxygen atoms in total. The van der Waals surface area contributed by atoms with Gasteiger partial charge in [0.05, 0.1) is 5.69 Å². The molecule has 0 aliphatic rings. The zero-order chi connectivity index (χ0) is 12.3. The number of nitrogens with two attached hydrogens (primary N) is 1. The van der Waals surface area contributed by atoms with Crippen LogP contribution in [0.2, 0.25) is 0 Å². The van der Waals surface area contributed by atoms with Gasteiger partial charge in [-0.15, -0.1) is 0 Å². The zero-order valence-electron chi connectivity index (χ0n) is 9.73. The van der Waals surface area contributed by atoms with Crippen LogP contribution in [0.15, 0.2) is 48.5 Å². The van der Waals surface area contributed by atoms with Gasteiger partial charge in [-0.1, -0.05) is 24.3 Å². The topological polar surface area (TPSA) is 29.3 Å². The lowest BCUT2D eigenvalue weighted by atomic mass is 10.2. The molecule has 0 saturated carbocycles. The minimum Gasteiger partial charge on any atom is -0.399 e. The monoisotopic (exact) mass is 230 g/mol. The molecule has 0 fully saturated rings. The SMILES string of the molecule is CN(Cc1cccc(N)c1)c1ccccc1F. The quantitative estimate of drug-likeness (QED) is 0.821. The minimum absolute atomic E-state index is 0.209. The van der Waals surface area contributed by atoms with Crippen LogP contribution in [0, 0.1) is 5.82 Å². The largest absolute Gasteiger partial charge is 0.399 e. The molecule has 0 aromatic heterocycles. The van der Waals surface area contributed by atoms with E-state index >= 15 is 0 Å². The molecule has 0 bridgehead atoms. The maximum absolute atomic E-state index is 13.6. The van der Waals surface area contributed by atoms with E-state index in [2.05, 4.69) is 0 Å². The van der Waals surface area contributed by atoms with Gasteiger partial charge >= 0.3 is 0 Å². The normalized spacial score (nSPS) is 10.2. The number of para-hydroxylation sites is 1. The second kappa shape index (κ2) is 4.87. The lowest BCUT2D eigenvalue weighted by Crippen LogP contribution is -2.17. The van der Waals surface area contributed by atoms with Crippen LogP contribution in [0.5, 0.6) is 0 Å². The molecule has 0 amide bonds. The molecule has 2 rings (SSSR count). The van der Waals surface area contributed by atoms with Gasteiger partial charge in [-0.05, 0) is 29.8 Å². The highest BCUT2D eigenvalue weighted by Gasteiger charge is 2.06. The predicted octanol–water partition coefficient (Wildman–Crippen LogP) is 3.04. The van der Waals surface area contributed by atoms with E-state index < -0.39 is 0 Å². The molecular formula is C14H15FN2. The maximum atomic E-state index is 13.6. The number of halogens is 1. The van der Waals surface area contributed by atoms with Crippen molar-refractivity contribution in [3.8, 4) is 0 Å². The van der Waals surface area contributed by atoms with Gasteiger partial charge in [-0.2, -0.15) is 0 Å². The molecule has 0 saturated heterocycles. The molecule has 2 aromatic carbocycles. The van der Waals surface area contributed by atoms with Crippen molar-refractivity contribution < 1.29 is 4.39 Å². The summed E-state index contributed by atoms with van der Waals surface area (Å²) < 4.78 is 13.6. The Hall–Kier alpha value is -2.03. The van der Waals surface area contributed by atoms with Crippen LogP contribution in [0.25, 0.3) is 0 Å². The summed E-state index contributed by atoms with van der Waals surface area (Å²) in [6.45, 7) is 0.631. The van der Waals surface area contributed by atoms with E-state index in [4.69, 9.17) is 5.73 Å². The zero-order valence-corrected chi connectivity index (χ0v) is 9.73. The van der Waals surface area contributed by atoms with E-state index in [1.165, 1.54) is 6.07 Å². The molecule has 2 aromatic rings. The standard InChI is InChI=1S/C14H15FN2/c1-17(14-8-3-2-7-13(14)15)10-11-5-4-6-12(16)9-11/h2-9H,10,16H2,1H3. The smallest absolute Gasteiger partial charge is 0.146 e. The Labute approximate surface area is 100 Å². The van der Waals surface area contributed by atoms with Gasteiger partial charge < -0.3 is 10.6 Å². The summed E-state index contributed by atoms with van der Waals surface area (Å²) in [7, 11) is 1.86. The Morgan fingerprint density at radius 2 is 1.88 bits per heavy atom. The summed E-state index contributed by atoms with van der Waals surface area (Å²) >= 11 is 0. The maximum Gasteiger partial charge on any atom is 0.146 e. The molecule has 0 heterocycles. The molecule has 0 unspecified atom stereocenters. The number of nitrogen functional groups attached to an aromatic ring is 1. The summed E-state index contributed by atoms with van der Waals surface area (Å²) in [5.41, 5.74) is 8.09. The van der Waals surface area contributed by atoms with E-state index in [0.29, 0.717) is 12.2 Å². The molecule has 0 radical (unpaired) electrons. The van der Waals surface area contributed by atoms with Crippen LogP contribution in [-0.4, -0.2) is 7.05 Å². The number of rotatable bonds is 3. The van der Waals surface area contributed by atoms with Crippen LogP contribution in [0.1, 0.15) is 5.56 Å². The van der Waals surface area contributed by atoms with E-state index in [1.807, 2.05) is 42.3 Å². The first kappa shape index (κ1) is 11.5. The van der Waals surface area contributed by atoms with Crippen molar-refractivity contribution in [2.75, 3.05) is 17.7 Å². The van der Waals surface area contributed by atoms with Crippen LogP contribution in [0.3, 0.4) is 0 Å². The molecule has 2 N–H and O–H groups in total. The van der Waals surface area contributed by atoms with Crippen molar-refractivity contribution in [1.82, 2.24) is 0 Å². The Morgan fingerprint density at radius 3 is 2.59 bits per heavy atom. The molecule has 0 spiro atoms. The van der Waals surface area contributed by atoms with E-state index in [1.54, 1.807) is 12.1 Å². The first-order valence-corrected chi connectivity index (χ1v) is 5.47. The molecule has 0 aliphatic carbocycles. The Kier molecular flexibility index (Phi) is 3.28. The van der Waals surface area contributed by atoms with Gasteiger partial charge in [0.1, 0.15) is 5.82 Å². The van der Waals surface area contributed by atoms with Crippen molar-refractivity contribution in [3.63, 3.8) is 0 Å². The third-order valence-electron chi connectivity index (χ3n) is 2.63. The number of hydrogen-bond donors (Lipinski definition) is 1. The number of hydrogen-bond acceptors (Lipinski definition) is 2. The minimum atomic E-state index is -0.209. The van der Waals surface area contributed by atoms with Crippen LogP contribution >= 0.6 is 0 Å². The second-order valence-corrected chi connectivity index (χ2v) is 4.05.